The zero-order valence-electron chi connectivity index (χ0n) is 13.7. The number of benzene rings is 1. The molecule has 0 amide bonds. The highest BCUT2D eigenvalue weighted by atomic mass is 14.8. The smallest absolute Gasteiger partial charge is 0.0411 e. The van der Waals surface area contributed by atoms with Crippen LogP contribution < -0.4 is 5.73 Å². The van der Waals surface area contributed by atoms with E-state index in [0.717, 1.165) is 12.8 Å². The highest BCUT2D eigenvalue weighted by Gasteiger charge is 2.39. The number of rotatable bonds is 1. The second kappa shape index (κ2) is 10.1. The molecule has 1 nitrogen and oxygen atoms in total. The second-order valence-electron chi connectivity index (χ2n) is 4.03. The maximum atomic E-state index is 6.11. The molecular weight excluding hydrogens is 218 g/mol. The standard InChI is InChI=1S/C11H15N.3C2H6/c1-8-5-9(2)7-10(6-8)11(12)3-4-11;3*1-2/h5-7H,3-4,12H2,1-2H3;3*1-2H3. The van der Waals surface area contributed by atoms with Crippen molar-refractivity contribution >= 4 is 0 Å². The summed E-state index contributed by atoms with van der Waals surface area (Å²) in [5.41, 5.74) is 10.1. The fourth-order valence-corrected chi connectivity index (χ4v) is 1.69. The van der Waals surface area contributed by atoms with Gasteiger partial charge in [0.1, 0.15) is 0 Å². The van der Waals surface area contributed by atoms with Crippen molar-refractivity contribution in [3.8, 4) is 0 Å². The lowest BCUT2D eigenvalue weighted by Gasteiger charge is -2.10. The van der Waals surface area contributed by atoms with Gasteiger partial charge >= 0.3 is 0 Å². The van der Waals surface area contributed by atoms with Crippen LogP contribution in [0.3, 0.4) is 0 Å². The van der Waals surface area contributed by atoms with Crippen molar-refractivity contribution in [3.05, 3.63) is 34.9 Å². The van der Waals surface area contributed by atoms with Crippen LogP contribution in [0.4, 0.5) is 0 Å². The van der Waals surface area contributed by atoms with Gasteiger partial charge in [-0.1, -0.05) is 70.9 Å². The van der Waals surface area contributed by atoms with E-state index in [1.807, 2.05) is 41.5 Å². The van der Waals surface area contributed by atoms with Crippen LogP contribution in [0.2, 0.25) is 0 Å². The monoisotopic (exact) mass is 251 g/mol. The summed E-state index contributed by atoms with van der Waals surface area (Å²) in [4.78, 5) is 0. The Morgan fingerprint density at radius 3 is 1.39 bits per heavy atom. The molecule has 1 fully saturated rings. The highest BCUT2D eigenvalue weighted by Crippen LogP contribution is 2.42. The molecule has 0 heterocycles. The molecule has 1 aromatic carbocycles. The first-order valence-electron chi connectivity index (χ1n) is 7.48. The lowest BCUT2D eigenvalue weighted by molar-refractivity contribution is 0.738. The first-order chi connectivity index (χ1) is 8.60. The first-order valence-corrected chi connectivity index (χ1v) is 7.48. The van der Waals surface area contributed by atoms with Crippen LogP contribution in [0.25, 0.3) is 0 Å². The molecule has 0 atom stereocenters. The van der Waals surface area contributed by atoms with Gasteiger partial charge in [-0.2, -0.15) is 0 Å². The summed E-state index contributed by atoms with van der Waals surface area (Å²) < 4.78 is 0. The Morgan fingerprint density at radius 1 is 0.778 bits per heavy atom. The Balaban J connectivity index is 0. The molecule has 1 aromatic rings. The van der Waals surface area contributed by atoms with Crippen molar-refractivity contribution in [2.75, 3.05) is 0 Å². The minimum atomic E-state index is 0.0246. The minimum absolute atomic E-state index is 0.0246. The third kappa shape index (κ3) is 6.20. The predicted octanol–water partition coefficient (Wildman–Crippen LogP) is 5.33. The fraction of sp³-hybridized carbons (Fsp3) is 0.647. The molecule has 0 aromatic heterocycles. The highest BCUT2D eigenvalue weighted by molar-refractivity contribution is 5.36. The van der Waals surface area contributed by atoms with Gasteiger partial charge in [-0.05, 0) is 32.3 Å². The molecule has 1 saturated carbocycles. The SMILES string of the molecule is CC.CC.CC.Cc1cc(C)cc(C2(N)CC2)c1. The third-order valence-electron chi connectivity index (χ3n) is 2.59. The van der Waals surface area contributed by atoms with Crippen molar-refractivity contribution < 1.29 is 0 Å². The van der Waals surface area contributed by atoms with Gasteiger partial charge in [-0.3, -0.25) is 0 Å². The molecule has 0 spiro atoms. The van der Waals surface area contributed by atoms with Crippen molar-refractivity contribution in [2.24, 2.45) is 5.73 Å². The van der Waals surface area contributed by atoms with Gasteiger partial charge in [-0.25, -0.2) is 0 Å². The summed E-state index contributed by atoms with van der Waals surface area (Å²) in [5.74, 6) is 0. The molecular formula is C17H33N. The van der Waals surface area contributed by atoms with E-state index >= 15 is 0 Å². The lowest BCUT2D eigenvalue weighted by atomic mass is 10.0. The van der Waals surface area contributed by atoms with Crippen LogP contribution in [-0.4, -0.2) is 0 Å². The molecule has 1 heteroatoms. The van der Waals surface area contributed by atoms with E-state index in [4.69, 9.17) is 5.73 Å². The van der Waals surface area contributed by atoms with E-state index in [2.05, 4.69) is 32.0 Å². The summed E-state index contributed by atoms with van der Waals surface area (Å²) in [7, 11) is 0. The van der Waals surface area contributed by atoms with Crippen molar-refractivity contribution in [1.29, 1.82) is 0 Å². The van der Waals surface area contributed by atoms with Crippen LogP contribution in [0, 0.1) is 13.8 Å². The molecule has 18 heavy (non-hydrogen) atoms. The molecule has 1 aliphatic carbocycles. The average Bonchev–Trinajstić information content (AvgIpc) is 3.15. The zero-order chi connectivity index (χ0) is 14.8. The Kier molecular flexibility index (Phi) is 11.0. The van der Waals surface area contributed by atoms with Crippen molar-refractivity contribution in [1.82, 2.24) is 0 Å². The second-order valence-corrected chi connectivity index (χ2v) is 4.03. The van der Waals surface area contributed by atoms with Crippen LogP contribution in [0.1, 0.15) is 71.1 Å². The van der Waals surface area contributed by atoms with Gasteiger partial charge in [0.05, 0.1) is 0 Å². The van der Waals surface area contributed by atoms with Gasteiger partial charge in [0, 0.05) is 5.54 Å². The predicted molar refractivity (Wildman–Crippen MR) is 85.1 cm³/mol. The summed E-state index contributed by atoms with van der Waals surface area (Å²) in [6.07, 6.45) is 2.30. The van der Waals surface area contributed by atoms with Crippen molar-refractivity contribution in [2.45, 2.75) is 73.8 Å². The fourth-order valence-electron chi connectivity index (χ4n) is 1.69. The summed E-state index contributed by atoms with van der Waals surface area (Å²) in [6.45, 7) is 16.3. The minimum Gasteiger partial charge on any atom is -0.321 e. The van der Waals surface area contributed by atoms with E-state index in [9.17, 15) is 0 Å². The zero-order valence-corrected chi connectivity index (χ0v) is 13.7. The van der Waals surface area contributed by atoms with Crippen molar-refractivity contribution in [3.63, 3.8) is 0 Å². The van der Waals surface area contributed by atoms with E-state index < -0.39 is 0 Å². The Hall–Kier alpha value is -0.820. The quantitative estimate of drug-likeness (QED) is 0.717. The number of hydrogen-bond donors (Lipinski definition) is 1. The molecule has 0 unspecified atom stereocenters. The van der Waals surface area contributed by atoms with Crippen LogP contribution >= 0.6 is 0 Å². The summed E-state index contributed by atoms with van der Waals surface area (Å²) in [5, 5.41) is 0. The first kappa shape index (κ1) is 19.5. The van der Waals surface area contributed by atoms with Crippen LogP contribution in [0.5, 0.6) is 0 Å². The molecule has 1 aliphatic rings. The van der Waals surface area contributed by atoms with E-state index in [1.54, 1.807) is 0 Å². The number of nitrogens with two attached hydrogens (primary N) is 1. The summed E-state index contributed by atoms with van der Waals surface area (Å²) in [6, 6.07) is 6.61. The Labute approximate surface area is 115 Å². The van der Waals surface area contributed by atoms with Gasteiger partial charge in [0.15, 0.2) is 0 Å². The molecule has 2 rings (SSSR count). The van der Waals surface area contributed by atoms with E-state index in [-0.39, 0.29) is 5.54 Å². The maximum Gasteiger partial charge on any atom is 0.0411 e. The van der Waals surface area contributed by atoms with Gasteiger partial charge in [-0.15, -0.1) is 0 Å². The molecule has 0 saturated heterocycles. The number of aryl methyl sites for hydroxylation is 2. The largest absolute Gasteiger partial charge is 0.321 e. The molecule has 0 radical (unpaired) electrons. The van der Waals surface area contributed by atoms with Crippen LogP contribution in [0.15, 0.2) is 18.2 Å². The van der Waals surface area contributed by atoms with E-state index in [0.29, 0.717) is 0 Å². The Bertz CT molecular complexity index is 291. The third-order valence-corrected chi connectivity index (χ3v) is 2.59. The van der Waals surface area contributed by atoms with Gasteiger partial charge < -0.3 is 5.73 Å². The normalized spacial score (nSPS) is 13.8. The molecule has 0 bridgehead atoms. The average molecular weight is 251 g/mol. The Morgan fingerprint density at radius 2 is 1.11 bits per heavy atom. The maximum absolute atomic E-state index is 6.11. The summed E-state index contributed by atoms with van der Waals surface area (Å²) >= 11 is 0. The van der Waals surface area contributed by atoms with Gasteiger partial charge in [0.2, 0.25) is 0 Å². The molecule has 2 N–H and O–H groups in total. The van der Waals surface area contributed by atoms with Crippen LogP contribution in [-0.2, 0) is 5.54 Å². The topological polar surface area (TPSA) is 26.0 Å². The lowest BCUT2D eigenvalue weighted by Crippen LogP contribution is -2.18. The molecule has 106 valence electrons. The molecule has 0 aliphatic heterocycles. The van der Waals surface area contributed by atoms with Gasteiger partial charge in [0.25, 0.3) is 0 Å². The number of hydrogen-bond acceptors (Lipinski definition) is 1. The van der Waals surface area contributed by atoms with E-state index in [1.165, 1.54) is 16.7 Å².